The van der Waals surface area contributed by atoms with Crippen molar-refractivity contribution in [3.63, 3.8) is 0 Å². The molecule has 1 aliphatic rings. The Bertz CT molecular complexity index is 262. The third-order valence-corrected chi connectivity index (χ3v) is 3.09. The van der Waals surface area contributed by atoms with Gasteiger partial charge >= 0.3 is 5.97 Å². The molecule has 1 amide bonds. The number of carboxylic acid groups (broad SMARTS) is 1. The van der Waals surface area contributed by atoms with Crippen molar-refractivity contribution >= 4 is 11.9 Å². The first-order valence-corrected chi connectivity index (χ1v) is 6.33. The van der Waals surface area contributed by atoms with Crippen molar-refractivity contribution in [2.75, 3.05) is 26.2 Å². The van der Waals surface area contributed by atoms with Crippen LogP contribution in [0.25, 0.3) is 0 Å². The van der Waals surface area contributed by atoms with E-state index in [0.29, 0.717) is 18.9 Å². The molecule has 2 N–H and O–H groups in total. The van der Waals surface area contributed by atoms with Gasteiger partial charge in [-0.3, -0.25) is 9.59 Å². The summed E-state index contributed by atoms with van der Waals surface area (Å²) in [5.41, 5.74) is 0. The molecular formula is C12H22N2O3. The maximum Gasteiger partial charge on any atom is 0.323 e. The molecule has 0 bridgehead atoms. The number of carbonyl (C=O) groups is 2. The van der Waals surface area contributed by atoms with E-state index in [1.165, 1.54) is 4.90 Å². The molecule has 17 heavy (non-hydrogen) atoms. The SMILES string of the molecule is CCCN(CC(=O)O)C(=O)CC1CCNCC1. The Morgan fingerprint density at radius 2 is 2.00 bits per heavy atom. The number of amides is 1. The van der Waals surface area contributed by atoms with Crippen molar-refractivity contribution in [1.29, 1.82) is 0 Å². The van der Waals surface area contributed by atoms with Crippen LogP contribution in [-0.4, -0.2) is 48.1 Å². The van der Waals surface area contributed by atoms with Crippen molar-refractivity contribution in [2.24, 2.45) is 5.92 Å². The van der Waals surface area contributed by atoms with Gasteiger partial charge in [0.2, 0.25) is 5.91 Å². The van der Waals surface area contributed by atoms with Gasteiger partial charge in [0.15, 0.2) is 0 Å². The molecule has 1 aliphatic heterocycles. The Morgan fingerprint density at radius 1 is 1.35 bits per heavy atom. The second-order valence-electron chi connectivity index (χ2n) is 4.61. The van der Waals surface area contributed by atoms with Gasteiger partial charge in [-0.05, 0) is 38.3 Å². The van der Waals surface area contributed by atoms with Crippen LogP contribution >= 0.6 is 0 Å². The lowest BCUT2D eigenvalue weighted by atomic mass is 9.94. The van der Waals surface area contributed by atoms with Crippen LogP contribution in [-0.2, 0) is 9.59 Å². The van der Waals surface area contributed by atoms with Gasteiger partial charge in [-0.15, -0.1) is 0 Å². The van der Waals surface area contributed by atoms with Gasteiger partial charge in [0.1, 0.15) is 6.54 Å². The van der Waals surface area contributed by atoms with Crippen LogP contribution < -0.4 is 5.32 Å². The molecule has 0 saturated carbocycles. The second-order valence-corrected chi connectivity index (χ2v) is 4.61. The van der Waals surface area contributed by atoms with E-state index in [-0.39, 0.29) is 12.5 Å². The number of hydrogen-bond donors (Lipinski definition) is 2. The van der Waals surface area contributed by atoms with Crippen LogP contribution in [0.4, 0.5) is 0 Å². The molecule has 0 radical (unpaired) electrons. The van der Waals surface area contributed by atoms with Crippen LogP contribution in [0.2, 0.25) is 0 Å². The minimum atomic E-state index is -0.933. The molecule has 5 heteroatoms. The molecule has 1 saturated heterocycles. The van der Waals surface area contributed by atoms with Crippen LogP contribution in [0.15, 0.2) is 0 Å². The van der Waals surface area contributed by atoms with Crippen LogP contribution in [0.3, 0.4) is 0 Å². The van der Waals surface area contributed by atoms with E-state index < -0.39 is 5.97 Å². The number of nitrogens with zero attached hydrogens (tertiary/aromatic N) is 1. The van der Waals surface area contributed by atoms with Crippen LogP contribution in [0, 0.1) is 5.92 Å². The van der Waals surface area contributed by atoms with Gasteiger partial charge in [0.25, 0.3) is 0 Å². The number of hydrogen-bond acceptors (Lipinski definition) is 3. The number of rotatable bonds is 6. The summed E-state index contributed by atoms with van der Waals surface area (Å²) >= 11 is 0. The van der Waals surface area contributed by atoms with Gasteiger partial charge in [-0.25, -0.2) is 0 Å². The normalized spacial score (nSPS) is 16.8. The number of piperidine rings is 1. The summed E-state index contributed by atoms with van der Waals surface area (Å²) < 4.78 is 0. The van der Waals surface area contributed by atoms with Crippen molar-refractivity contribution in [3.05, 3.63) is 0 Å². The smallest absolute Gasteiger partial charge is 0.323 e. The van der Waals surface area contributed by atoms with Gasteiger partial charge in [0, 0.05) is 13.0 Å². The Hall–Kier alpha value is -1.10. The first-order chi connectivity index (χ1) is 8.13. The number of carbonyl (C=O) groups excluding carboxylic acids is 1. The van der Waals surface area contributed by atoms with E-state index in [4.69, 9.17) is 5.11 Å². The fraction of sp³-hybridized carbons (Fsp3) is 0.833. The lowest BCUT2D eigenvalue weighted by molar-refractivity contribution is -0.145. The summed E-state index contributed by atoms with van der Waals surface area (Å²) in [5.74, 6) is -0.532. The lowest BCUT2D eigenvalue weighted by Gasteiger charge is -2.26. The largest absolute Gasteiger partial charge is 0.480 e. The predicted molar refractivity (Wildman–Crippen MR) is 64.7 cm³/mol. The lowest BCUT2D eigenvalue weighted by Crippen LogP contribution is -2.38. The van der Waals surface area contributed by atoms with E-state index in [1.807, 2.05) is 6.92 Å². The second kappa shape index (κ2) is 7.27. The maximum absolute atomic E-state index is 12.0. The summed E-state index contributed by atoms with van der Waals surface area (Å²) in [6.45, 7) is 4.25. The third-order valence-electron chi connectivity index (χ3n) is 3.09. The van der Waals surface area contributed by atoms with Crippen molar-refractivity contribution < 1.29 is 14.7 Å². The highest BCUT2D eigenvalue weighted by Gasteiger charge is 2.21. The first-order valence-electron chi connectivity index (χ1n) is 6.33. The average molecular weight is 242 g/mol. The fourth-order valence-electron chi connectivity index (χ4n) is 2.19. The highest BCUT2D eigenvalue weighted by Crippen LogP contribution is 2.17. The van der Waals surface area contributed by atoms with Crippen molar-refractivity contribution in [3.8, 4) is 0 Å². The highest BCUT2D eigenvalue weighted by molar-refractivity contribution is 5.81. The zero-order chi connectivity index (χ0) is 12.7. The Kier molecular flexibility index (Phi) is 5.97. The molecule has 5 nitrogen and oxygen atoms in total. The molecule has 1 heterocycles. The number of carboxylic acids is 1. The quantitative estimate of drug-likeness (QED) is 0.719. The minimum Gasteiger partial charge on any atom is -0.480 e. The number of aliphatic carboxylic acids is 1. The molecule has 1 fully saturated rings. The maximum atomic E-state index is 12.0. The summed E-state index contributed by atoms with van der Waals surface area (Å²) in [5, 5.41) is 12.0. The summed E-state index contributed by atoms with van der Waals surface area (Å²) in [6.07, 6.45) is 3.32. The van der Waals surface area contributed by atoms with Crippen LogP contribution in [0.1, 0.15) is 32.6 Å². The summed E-state index contributed by atoms with van der Waals surface area (Å²) in [7, 11) is 0. The zero-order valence-corrected chi connectivity index (χ0v) is 10.4. The van der Waals surface area contributed by atoms with E-state index in [0.717, 1.165) is 32.4 Å². The van der Waals surface area contributed by atoms with Gasteiger partial charge in [0.05, 0.1) is 0 Å². The molecule has 0 unspecified atom stereocenters. The molecule has 0 aliphatic carbocycles. The zero-order valence-electron chi connectivity index (χ0n) is 10.4. The molecule has 0 atom stereocenters. The van der Waals surface area contributed by atoms with Gasteiger partial charge < -0.3 is 15.3 Å². The Labute approximate surface area is 102 Å². The van der Waals surface area contributed by atoms with Crippen molar-refractivity contribution in [2.45, 2.75) is 32.6 Å². The molecular weight excluding hydrogens is 220 g/mol. The van der Waals surface area contributed by atoms with E-state index >= 15 is 0 Å². The minimum absolute atomic E-state index is 0.0128. The fourth-order valence-corrected chi connectivity index (χ4v) is 2.19. The monoisotopic (exact) mass is 242 g/mol. The highest BCUT2D eigenvalue weighted by atomic mass is 16.4. The van der Waals surface area contributed by atoms with E-state index in [2.05, 4.69) is 5.32 Å². The van der Waals surface area contributed by atoms with Gasteiger partial charge in [-0.1, -0.05) is 6.92 Å². The average Bonchev–Trinajstić information content (AvgIpc) is 2.29. The third kappa shape index (κ3) is 5.17. The first kappa shape index (κ1) is 14.0. The number of nitrogens with one attached hydrogen (secondary N) is 1. The van der Waals surface area contributed by atoms with E-state index in [9.17, 15) is 9.59 Å². The van der Waals surface area contributed by atoms with Crippen molar-refractivity contribution in [1.82, 2.24) is 10.2 Å². The summed E-state index contributed by atoms with van der Waals surface area (Å²) in [6, 6.07) is 0. The topological polar surface area (TPSA) is 69.6 Å². The Balaban J connectivity index is 2.42. The van der Waals surface area contributed by atoms with E-state index in [1.54, 1.807) is 0 Å². The molecule has 98 valence electrons. The predicted octanol–water partition coefficient (Wildman–Crippen LogP) is 0.699. The van der Waals surface area contributed by atoms with Gasteiger partial charge in [-0.2, -0.15) is 0 Å². The standard InChI is InChI=1S/C12H22N2O3/c1-2-7-14(9-12(16)17)11(15)8-10-3-5-13-6-4-10/h10,13H,2-9H2,1H3,(H,16,17). The molecule has 0 aromatic rings. The Morgan fingerprint density at radius 3 is 2.53 bits per heavy atom. The molecule has 0 aromatic heterocycles. The molecule has 0 spiro atoms. The van der Waals surface area contributed by atoms with Crippen LogP contribution in [0.5, 0.6) is 0 Å². The molecule has 1 rings (SSSR count). The molecule has 0 aromatic carbocycles. The summed E-state index contributed by atoms with van der Waals surface area (Å²) in [4.78, 5) is 24.1.